The van der Waals surface area contributed by atoms with Crippen LogP contribution in [0, 0.1) is 5.82 Å². The van der Waals surface area contributed by atoms with Crippen molar-refractivity contribution in [2.75, 3.05) is 19.1 Å². The second kappa shape index (κ2) is 6.18. The predicted octanol–water partition coefficient (Wildman–Crippen LogP) is 1.95. The van der Waals surface area contributed by atoms with Gasteiger partial charge in [0.1, 0.15) is 11.4 Å². The summed E-state index contributed by atoms with van der Waals surface area (Å²) in [5.74, 6) is 0.256. The molecule has 130 valence electrons. The molecule has 1 saturated carbocycles. The highest BCUT2D eigenvalue weighted by Gasteiger charge is 2.44. The highest BCUT2D eigenvalue weighted by Crippen LogP contribution is 2.43. The van der Waals surface area contributed by atoms with Crippen molar-refractivity contribution in [1.29, 1.82) is 0 Å². The minimum absolute atomic E-state index is 0.0747. The van der Waals surface area contributed by atoms with Crippen molar-refractivity contribution in [3.8, 4) is 11.5 Å². The molecule has 4 N–H and O–H groups in total. The largest absolute Gasteiger partial charge is 0.497 e. The predicted molar refractivity (Wildman–Crippen MR) is 91.0 cm³/mol. The molecule has 0 radical (unpaired) electrons. The Morgan fingerprint density at radius 1 is 1.12 bits per heavy atom. The molecule has 3 rings (SSSR count). The third kappa shape index (κ3) is 2.61. The first-order valence-electron chi connectivity index (χ1n) is 7.92. The fourth-order valence-corrected chi connectivity index (χ4v) is 3.46. The lowest BCUT2D eigenvalue weighted by Crippen LogP contribution is -2.58. The molecule has 0 bridgehead atoms. The van der Waals surface area contributed by atoms with E-state index in [-0.39, 0.29) is 23.4 Å². The standard InChI is InChI=1S/C16H22FN5O2/c1-23-10-8-11(13(17)12(9-10)24-2)22-15(19)20-14(18)21-16(22)6-4-3-5-7-16/h8-9H,3-7H2,1-2H3,(H4,18,19,20,21). The summed E-state index contributed by atoms with van der Waals surface area (Å²) in [5, 5.41) is 0. The van der Waals surface area contributed by atoms with Crippen molar-refractivity contribution in [3.63, 3.8) is 0 Å². The van der Waals surface area contributed by atoms with Gasteiger partial charge in [0.05, 0.1) is 19.9 Å². The van der Waals surface area contributed by atoms with E-state index in [1.165, 1.54) is 20.3 Å². The molecular weight excluding hydrogens is 313 g/mol. The number of halogens is 1. The van der Waals surface area contributed by atoms with Crippen LogP contribution in [0.2, 0.25) is 0 Å². The number of nitrogens with two attached hydrogens (primary N) is 2. The van der Waals surface area contributed by atoms with Crippen molar-refractivity contribution in [3.05, 3.63) is 17.9 Å². The van der Waals surface area contributed by atoms with Crippen LogP contribution in [0.4, 0.5) is 10.1 Å². The van der Waals surface area contributed by atoms with Gasteiger partial charge < -0.3 is 20.9 Å². The molecule has 0 saturated heterocycles. The summed E-state index contributed by atoms with van der Waals surface area (Å²) in [7, 11) is 2.92. The smallest absolute Gasteiger partial charge is 0.220 e. The van der Waals surface area contributed by atoms with E-state index >= 15 is 0 Å². The highest BCUT2D eigenvalue weighted by molar-refractivity contribution is 6.05. The van der Waals surface area contributed by atoms with Crippen LogP contribution in [0.1, 0.15) is 32.1 Å². The molecule has 24 heavy (non-hydrogen) atoms. The Balaban J connectivity index is 2.17. The van der Waals surface area contributed by atoms with Gasteiger partial charge in [-0.15, -0.1) is 0 Å². The molecule has 1 aromatic carbocycles. The third-order valence-corrected chi connectivity index (χ3v) is 4.54. The summed E-state index contributed by atoms with van der Waals surface area (Å²) in [6.45, 7) is 0. The normalized spacial score (nSPS) is 19.7. The number of guanidine groups is 2. The monoisotopic (exact) mass is 335 g/mol. The van der Waals surface area contributed by atoms with Gasteiger partial charge in [0.2, 0.25) is 11.9 Å². The van der Waals surface area contributed by atoms with Crippen LogP contribution in [0.25, 0.3) is 0 Å². The number of hydrogen-bond acceptors (Lipinski definition) is 7. The van der Waals surface area contributed by atoms with Crippen LogP contribution in [-0.2, 0) is 0 Å². The van der Waals surface area contributed by atoms with Gasteiger partial charge >= 0.3 is 0 Å². The first kappa shape index (κ1) is 16.4. The number of methoxy groups -OCH3 is 2. The Hall–Kier alpha value is -2.51. The second-order valence-corrected chi connectivity index (χ2v) is 5.98. The second-order valence-electron chi connectivity index (χ2n) is 5.98. The first-order valence-corrected chi connectivity index (χ1v) is 7.92. The Kier molecular flexibility index (Phi) is 4.21. The zero-order valence-electron chi connectivity index (χ0n) is 13.9. The third-order valence-electron chi connectivity index (χ3n) is 4.54. The van der Waals surface area contributed by atoms with Gasteiger partial charge in [-0.3, -0.25) is 4.90 Å². The Morgan fingerprint density at radius 2 is 1.83 bits per heavy atom. The van der Waals surface area contributed by atoms with E-state index in [0.717, 1.165) is 32.1 Å². The topological polar surface area (TPSA) is 98.5 Å². The number of nitrogens with zero attached hydrogens (tertiary/aromatic N) is 3. The van der Waals surface area contributed by atoms with Crippen LogP contribution in [0.15, 0.2) is 22.1 Å². The lowest BCUT2D eigenvalue weighted by Gasteiger charge is -2.45. The number of aliphatic imine (C=N–C) groups is 2. The number of anilines is 1. The maximum Gasteiger partial charge on any atom is 0.220 e. The summed E-state index contributed by atoms with van der Waals surface area (Å²) in [4.78, 5) is 10.2. The van der Waals surface area contributed by atoms with Crippen LogP contribution in [0.5, 0.6) is 11.5 Å². The molecule has 1 heterocycles. The molecule has 1 spiro atoms. The van der Waals surface area contributed by atoms with Crippen molar-refractivity contribution in [2.45, 2.75) is 37.8 Å². The van der Waals surface area contributed by atoms with E-state index in [1.54, 1.807) is 11.0 Å². The summed E-state index contributed by atoms with van der Waals surface area (Å²) in [6, 6.07) is 3.06. The van der Waals surface area contributed by atoms with Crippen molar-refractivity contribution in [2.24, 2.45) is 21.5 Å². The molecule has 0 amide bonds. The van der Waals surface area contributed by atoms with Crippen molar-refractivity contribution in [1.82, 2.24) is 0 Å². The van der Waals surface area contributed by atoms with Gasteiger partial charge in [-0.05, 0) is 25.7 Å². The molecule has 1 aliphatic heterocycles. The molecule has 0 unspecified atom stereocenters. The van der Waals surface area contributed by atoms with Gasteiger partial charge in [0.25, 0.3) is 0 Å². The highest BCUT2D eigenvalue weighted by atomic mass is 19.1. The fourth-order valence-electron chi connectivity index (χ4n) is 3.46. The molecular formula is C16H22FN5O2. The van der Waals surface area contributed by atoms with E-state index in [4.69, 9.17) is 20.9 Å². The Morgan fingerprint density at radius 3 is 2.46 bits per heavy atom. The van der Waals surface area contributed by atoms with E-state index in [9.17, 15) is 4.39 Å². The summed E-state index contributed by atoms with van der Waals surface area (Å²) in [6.07, 6.45) is 4.48. The van der Waals surface area contributed by atoms with Crippen LogP contribution >= 0.6 is 0 Å². The van der Waals surface area contributed by atoms with Gasteiger partial charge in [-0.25, -0.2) is 9.38 Å². The van der Waals surface area contributed by atoms with Crippen LogP contribution in [0.3, 0.4) is 0 Å². The number of benzene rings is 1. The zero-order chi connectivity index (χ0) is 17.3. The van der Waals surface area contributed by atoms with E-state index in [0.29, 0.717) is 5.75 Å². The maximum atomic E-state index is 15.0. The molecule has 0 atom stereocenters. The lowest BCUT2D eigenvalue weighted by atomic mass is 9.87. The summed E-state index contributed by atoms with van der Waals surface area (Å²) >= 11 is 0. The summed E-state index contributed by atoms with van der Waals surface area (Å²) < 4.78 is 25.4. The van der Waals surface area contributed by atoms with Crippen LogP contribution in [-0.4, -0.2) is 31.8 Å². The molecule has 1 fully saturated rings. The lowest BCUT2D eigenvalue weighted by molar-refractivity contribution is 0.302. The molecule has 2 aliphatic rings. The minimum Gasteiger partial charge on any atom is -0.497 e. The van der Waals surface area contributed by atoms with E-state index in [1.807, 2.05) is 0 Å². The zero-order valence-corrected chi connectivity index (χ0v) is 13.9. The Labute approximate surface area is 140 Å². The molecule has 1 aliphatic carbocycles. The minimum atomic E-state index is -0.716. The van der Waals surface area contributed by atoms with E-state index in [2.05, 4.69) is 9.98 Å². The average molecular weight is 335 g/mol. The molecule has 0 aromatic heterocycles. The first-order chi connectivity index (χ1) is 11.5. The Bertz CT molecular complexity index is 698. The number of rotatable bonds is 3. The number of hydrogen-bond donors (Lipinski definition) is 2. The van der Waals surface area contributed by atoms with Crippen molar-refractivity contribution >= 4 is 17.6 Å². The average Bonchev–Trinajstić information content (AvgIpc) is 2.56. The molecule has 7 nitrogen and oxygen atoms in total. The number of ether oxygens (including phenoxy) is 2. The van der Waals surface area contributed by atoms with E-state index < -0.39 is 11.5 Å². The quantitative estimate of drug-likeness (QED) is 0.880. The summed E-state index contributed by atoms with van der Waals surface area (Å²) in [5.41, 5.74) is 11.5. The molecule has 1 aromatic rings. The maximum absolute atomic E-state index is 15.0. The fraction of sp³-hybridized carbons (Fsp3) is 0.500. The molecule has 8 heteroatoms. The van der Waals surface area contributed by atoms with Gasteiger partial charge in [0, 0.05) is 12.1 Å². The van der Waals surface area contributed by atoms with Gasteiger partial charge in [-0.1, -0.05) is 6.42 Å². The van der Waals surface area contributed by atoms with Crippen molar-refractivity contribution < 1.29 is 13.9 Å². The van der Waals surface area contributed by atoms with Gasteiger partial charge in [0.15, 0.2) is 11.6 Å². The SMILES string of the molecule is COc1cc(OC)c(F)c(N2C(N)=NC(N)=NC23CCCCC3)c1. The van der Waals surface area contributed by atoms with Gasteiger partial charge in [-0.2, -0.15) is 4.99 Å². The van der Waals surface area contributed by atoms with Crippen LogP contribution < -0.4 is 25.8 Å².